The number of hydrogen-bond acceptors (Lipinski definition) is 1. The Labute approximate surface area is 110 Å². The Morgan fingerprint density at radius 3 is 2.67 bits per heavy atom. The fourth-order valence-corrected chi connectivity index (χ4v) is 2.75. The molecule has 18 heavy (non-hydrogen) atoms. The molecule has 1 aliphatic rings. The largest absolute Gasteiger partial charge is 0.349 e. The van der Waals surface area contributed by atoms with Crippen LogP contribution >= 0.6 is 0 Å². The van der Waals surface area contributed by atoms with Crippen LogP contribution in [0.3, 0.4) is 0 Å². The van der Waals surface area contributed by atoms with E-state index in [9.17, 15) is 0 Å². The Morgan fingerprint density at radius 1 is 1.33 bits per heavy atom. The zero-order valence-electron chi connectivity index (χ0n) is 11.6. The summed E-state index contributed by atoms with van der Waals surface area (Å²) < 4.78 is 0. The second-order valence-electron chi connectivity index (χ2n) is 5.21. The van der Waals surface area contributed by atoms with Crippen molar-refractivity contribution in [1.29, 1.82) is 0 Å². The molecule has 1 fully saturated rings. The van der Waals surface area contributed by atoms with Gasteiger partial charge in [0.05, 0.1) is 0 Å². The highest BCUT2D eigenvalue weighted by Crippen LogP contribution is 2.21. The van der Waals surface area contributed by atoms with Gasteiger partial charge in [-0.2, -0.15) is 0 Å². The first-order valence-corrected chi connectivity index (χ1v) is 6.63. The van der Waals surface area contributed by atoms with Crippen molar-refractivity contribution in [3.63, 3.8) is 0 Å². The van der Waals surface area contributed by atoms with Crippen molar-refractivity contribution >= 4 is 5.96 Å². The second-order valence-corrected chi connectivity index (χ2v) is 5.21. The van der Waals surface area contributed by atoms with Crippen molar-refractivity contribution in [2.45, 2.75) is 12.8 Å². The Bertz CT molecular complexity index is 397. The Balaban J connectivity index is 1.93. The number of rotatable bonds is 2. The number of likely N-dealkylation sites (tertiary alicyclic amines) is 1. The molecule has 1 aromatic rings. The average Bonchev–Trinajstić information content (AvgIpc) is 2.79. The lowest BCUT2D eigenvalue weighted by Crippen LogP contribution is -2.39. The van der Waals surface area contributed by atoms with Crippen molar-refractivity contribution < 1.29 is 0 Å². The molecule has 0 N–H and O–H groups in total. The first-order valence-electron chi connectivity index (χ1n) is 6.63. The number of aliphatic imine (C=N–C) groups is 1. The topological polar surface area (TPSA) is 18.8 Å². The molecule has 1 aliphatic heterocycles. The Morgan fingerprint density at radius 2 is 2.06 bits per heavy atom. The van der Waals surface area contributed by atoms with Crippen LogP contribution in [0.2, 0.25) is 0 Å². The maximum absolute atomic E-state index is 4.38. The van der Waals surface area contributed by atoms with Crippen LogP contribution in [-0.2, 0) is 6.42 Å². The maximum atomic E-state index is 4.38. The van der Waals surface area contributed by atoms with E-state index in [2.05, 4.69) is 59.2 Å². The molecule has 0 bridgehead atoms. The van der Waals surface area contributed by atoms with Crippen LogP contribution in [0.15, 0.2) is 35.3 Å². The minimum Gasteiger partial charge on any atom is -0.349 e. The highest BCUT2D eigenvalue weighted by molar-refractivity contribution is 5.79. The van der Waals surface area contributed by atoms with Crippen LogP contribution in [0.1, 0.15) is 12.0 Å². The van der Waals surface area contributed by atoms with Gasteiger partial charge in [-0.3, -0.25) is 4.99 Å². The number of benzene rings is 1. The first-order chi connectivity index (χ1) is 8.70. The highest BCUT2D eigenvalue weighted by atomic mass is 15.4. The molecule has 1 atom stereocenters. The predicted octanol–water partition coefficient (Wildman–Crippen LogP) is 2.10. The van der Waals surface area contributed by atoms with Gasteiger partial charge in [0.1, 0.15) is 0 Å². The van der Waals surface area contributed by atoms with Crippen LogP contribution in [0, 0.1) is 5.92 Å². The van der Waals surface area contributed by atoms with Crippen LogP contribution in [0.4, 0.5) is 0 Å². The molecule has 3 nitrogen and oxygen atoms in total. The molecule has 2 rings (SSSR count). The monoisotopic (exact) mass is 245 g/mol. The SMILES string of the molecule is CN=C(N(C)C)N1CCC(Cc2ccccc2)C1. The zero-order chi connectivity index (χ0) is 13.0. The van der Waals surface area contributed by atoms with E-state index in [4.69, 9.17) is 0 Å². The van der Waals surface area contributed by atoms with E-state index in [1.807, 2.05) is 7.05 Å². The lowest BCUT2D eigenvalue weighted by atomic mass is 9.99. The smallest absolute Gasteiger partial charge is 0.195 e. The third kappa shape index (κ3) is 3.03. The summed E-state index contributed by atoms with van der Waals surface area (Å²) in [7, 11) is 6.00. The summed E-state index contributed by atoms with van der Waals surface area (Å²) in [5.74, 6) is 1.86. The average molecular weight is 245 g/mol. The van der Waals surface area contributed by atoms with Crippen LogP contribution in [-0.4, -0.2) is 50.0 Å². The van der Waals surface area contributed by atoms with Gasteiger partial charge >= 0.3 is 0 Å². The van der Waals surface area contributed by atoms with Gasteiger partial charge in [0.15, 0.2) is 5.96 Å². The van der Waals surface area contributed by atoms with E-state index in [0.717, 1.165) is 25.0 Å². The van der Waals surface area contributed by atoms with Crippen molar-refractivity contribution in [1.82, 2.24) is 9.80 Å². The summed E-state index contributed by atoms with van der Waals surface area (Å²) in [6.45, 7) is 2.25. The maximum Gasteiger partial charge on any atom is 0.195 e. The number of guanidine groups is 1. The van der Waals surface area contributed by atoms with E-state index in [1.54, 1.807) is 0 Å². The van der Waals surface area contributed by atoms with Gasteiger partial charge in [0.2, 0.25) is 0 Å². The summed E-state index contributed by atoms with van der Waals surface area (Å²) >= 11 is 0. The van der Waals surface area contributed by atoms with E-state index in [0.29, 0.717) is 0 Å². The molecule has 98 valence electrons. The second kappa shape index (κ2) is 5.89. The lowest BCUT2D eigenvalue weighted by Gasteiger charge is -2.26. The van der Waals surface area contributed by atoms with Crippen molar-refractivity contribution in [2.24, 2.45) is 10.9 Å². The molecule has 0 saturated carbocycles. The lowest BCUT2D eigenvalue weighted by molar-refractivity contribution is 0.411. The summed E-state index contributed by atoms with van der Waals surface area (Å²) in [6.07, 6.45) is 2.45. The number of hydrogen-bond donors (Lipinski definition) is 0. The molecule has 0 aliphatic carbocycles. The summed E-state index contributed by atoms with van der Waals surface area (Å²) in [4.78, 5) is 8.88. The molecular weight excluding hydrogens is 222 g/mol. The number of nitrogens with zero attached hydrogens (tertiary/aromatic N) is 3. The Hall–Kier alpha value is -1.51. The fourth-order valence-electron chi connectivity index (χ4n) is 2.75. The molecule has 1 aromatic carbocycles. The van der Waals surface area contributed by atoms with Gasteiger partial charge in [0.25, 0.3) is 0 Å². The molecule has 3 heteroatoms. The molecule has 1 unspecified atom stereocenters. The quantitative estimate of drug-likeness (QED) is 0.587. The van der Waals surface area contributed by atoms with Crippen LogP contribution in [0.5, 0.6) is 0 Å². The van der Waals surface area contributed by atoms with Crippen molar-refractivity contribution in [3.05, 3.63) is 35.9 Å². The van der Waals surface area contributed by atoms with Crippen molar-refractivity contribution in [3.8, 4) is 0 Å². The molecule has 1 saturated heterocycles. The third-order valence-electron chi connectivity index (χ3n) is 3.54. The third-order valence-corrected chi connectivity index (χ3v) is 3.54. The highest BCUT2D eigenvalue weighted by Gasteiger charge is 2.25. The standard InChI is InChI=1S/C15H23N3/c1-16-15(17(2)3)18-10-9-14(12-18)11-13-7-5-4-6-8-13/h4-8,14H,9-12H2,1-3H3. The molecule has 0 radical (unpaired) electrons. The van der Waals surface area contributed by atoms with Gasteiger partial charge in [-0.15, -0.1) is 0 Å². The Kier molecular flexibility index (Phi) is 4.24. The van der Waals surface area contributed by atoms with E-state index in [-0.39, 0.29) is 0 Å². The molecule has 1 heterocycles. The molecule has 0 spiro atoms. The van der Waals surface area contributed by atoms with Gasteiger partial charge in [-0.05, 0) is 24.3 Å². The summed E-state index contributed by atoms with van der Waals surface area (Å²) in [6, 6.07) is 10.8. The van der Waals surface area contributed by atoms with Crippen LogP contribution in [0.25, 0.3) is 0 Å². The molecular formula is C15H23N3. The van der Waals surface area contributed by atoms with Gasteiger partial charge in [-0.1, -0.05) is 30.3 Å². The zero-order valence-corrected chi connectivity index (χ0v) is 11.6. The fraction of sp³-hybridized carbons (Fsp3) is 0.533. The van der Waals surface area contributed by atoms with Gasteiger partial charge in [-0.25, -0.2) is 0 Å². The molecule has 0 aromatic heterocycles. The summed E-state index contributed by atoms with van der Waals surface area (Å²) in [5.41, 5.74) is 1.45. The van der Waals surface area contributed by atoms with E-state index < -0.39 is 0 Å². The van der Waals surface area contributed by atoms with Crippen LogP contribution < -0.4 is 0 Å². The van der Waals surface area contributed by atoms with E-state index >= 15 is 0 Å². The molecule has 0 amide bonds. The minimum atomic E-state index is 0.754. The normalized spacial score (nSPS) is 20.3. The van der Waals surface area contributed by atoms with Gasteiger partial charge < -0.3 is 9.80 Å². The van der Waals surface area contributed by atoms with Gasteiger partial charge in [0, 0.05) is 34.2 Å². The predicted molar refractivity (Wildman–Crippen MR) is 76.9 cm³/mol. The summed E-state index contributed by atoms with van der Waals surface area (Å²) in [5, 5.41) is 0. The van der Waals surface area contributed by atoms with E-state index in [1.165, 1.54) is 18.4 Å². The van der Waals surface area contributed by atoms with Crippen molar-refractivity contribution in [2.75, 3.05) is 34.2 Å². The first kappa shape index (κ1) is 12.9. The minimum absolute atomic E-state index is 0.754.